The van der Waals surface area contributed by atoms with E-state index in [1.807, 2.05) is 42.8 Å². The second-order valence-electron chi connectivity index (χ2n) is 7.37. The van der Waals surface area contributed by atoms with Crippen molar-refractivity contribution in [3.63, 3.8) is 0 Å². The summed E-state index contributed by atoms with van der Waals surface area (Å²) >= 11 is 0. The summed E-state index contributed by atoms with van der Waals surface area (Å²) in [6.07, 6.45) is 3.97. The van der Waals surface area contributed by atoms with E-state index in [4.69, 9.17) is 5.11 Å². The molecule has 1 aromatic carbocycles. The van der Waals surface area contributed by atoms with E-state index in [-0.39, 0.29) is 12.3 Å². The van der Waals surface area contributed by atoms with Gasteiger partial charge in [-0.15, -0.1) is 0 Å². The Bertz CT molecular complexity index is 839. The maximum Gasteiger partial charge on any atom is 0.303 e. The number of carboxylic acid groups (broad SMARTS) is 1. The largest absolute Gasteiger partial charge is 0.481 e. The molecule has 1 aliphatic carbocycles. The lowest BCUT2D eigenvalue weighted by Gasteiger charge is -2.08. The predicted molar refractivity (Wildman–Crippen MR) is 103 cm³/mol. The fourth-order valence-corrected chi connectivity index (χ4v) is 3.64. The number of benzene rings is 1. The van der Waals surface area contributed by atoms with Crippen LogP contribution in [0.4, 0.5) is 0 Å². The van der Waals surface area contributed by atoms with Crippen molar-refractivity contribution in [3.8, 4) is 5.69 Å². The SMILES string of the molecule is CCCC1CC1NC(=O)c1ccc(-n2nc(C)c(CCC(=O)O)c2C)cc1. The lowest BCUT2D eigenvalue weighted by Crippen LogP contribution is -2.26. The minimum atomic E-state index is -0.811. The molecule has 0 spiro atoms. The molecule has 27 heavy (non-hydrogen) atoms. The third kappa shape index (κ3) is 4.38. The zero-order chi connectivity index (χ0) is 19.6. The smallest absolute Gasteiger partial charge is 0.303 e. The van der Waals surface area contributed by atoms with Gasteiger partial charge in [0.1, 0.15) is 0 Å². The van der Waals surface area contributed by atoms with Gasteiger partial charge in [0.15, 0.2) is 0 Å². The Morgan fingerprint density at radius 3 is 2.59 bits per heavy atom. The number of hydrogen-bond donors (Lipinski definition) is 2. The number of aliphatic carboxylic acids is 1. The first-order valence-corrected chi connectivity index (χ1v) is 9.59. The second-order valence-corrected chi connectivity index (χ2v) is 7.37. The third-order valence-electron chi connectivity index (χ3n) is 5.30. The molecule has 1 aliphatic rings. The summed E-state index contributed by atoms with van der Waals surface area (Å²) in [5.74, 6) is -0.202. The lowest BCUT2D eigenvalue weighted by atomic mass is 10.1. The first kappa shape index (κ1) is 19.1. The number of rotatable bonds is 8. The molecule has 0 bridgehead atoms. The van der Waals surface area contributed by atoms with E-state index >= 15 is 0 Å². The normalized spacial score (nSPS) is 18.3. The van der Waals surface area contributed by atoms with E-state index in [1.165, 1.54) is 6.42 Å². The molecule has 3 rings (SSSR count). The molecule has 2 atom stereocenters. The van der Waals surface area contributed by atoms with Crippen molar-refractivity contribution in [2.75, 3.05) is 0 Å². The zero-order valence-electron chi connectivity index (χ0n) is 16.2. The molecule has 0 saturated heterocycles. The van der Waals surface area contributed by atoms with Crippen molar-refractivity contribution in [2.45, 2.75) is 58.9 Å². The summed E-state index contributed by atoms with van der Waals surface area (Å²) < 4.78 is 1.81. The Morgan fingerprint density at radius 2 is 1.96 bits per heavy atom. The van der Waals surface area contributed by atoms with Gasteiger partial charge in [-0.3, -0.25) is 9.59 Å². The molecule has 144 valence electrons. The molecule has 1 amide bonds. The highest BCUT2D eigenvalue weighted by molar-refractivity contribution is 5.94. The fraction of sp³-hybridized carbons (Fsp3) is 0.476. The van der Waals surface area contributed by atoms with Gasteiger partial charge in [-0.1, -0.05) is 13.3 Å². The van der Waals surface area contributed by atoms with Crippen LogP contribution in [0.2, 0.25) is 0 Å². The minimum Gasteiger partial charge on any atom is -0.481 e. The Hall–Kier alpha value is -2.63. The van der Waals surface area contributed by atoms with E-state index in [0.29, 0.717) is 23.9 Å². The van der Waals surface area contributed by atoms with Crippen molar-refractivity contribution >= 4 is 11.9 Å². The van der Waals surface area contributed by atoms with Gasteiger partial charge >= 0.3 is 5.97 Å². The maximum absolute atomic E-state index is 12.4. The fourth-order valence-electron chi connectivity index (χ4n) is 3.64. The summed E-state index contributed by atoms with van der Waals surface area (Å²) in [5, 5.41) is 16.6. The van der Waals surface area contributed by atoms with Crippen LogP contribution in [-0.4, -0.2) is 32.8 Å². The summed E-state index contributed by atoms with van der Waals surface area (Å²) in [5.41, 5.74) is 4.25. The molecule has 6 nitrogen and oxygen atoms in total. The van der Waals surface area contributed by atoms with Gasteiger partial charge in [-0.25, -0.2) is 4.68 Å². The first-order chi connectivity index (χ1) is 12.9. The standard InChI is InChI=1S/C21H27N3O3/c1-4-5-16-12-19(16)22-21(27)15-6-8-17(9-7-15)24-14(3)18(13(2)23-24)10-11-20(25)26/h6-9,16,19H,4-5,10-12H2,1-3H3,(H,22,27)(H,25,26). The van der Waals surface area contributed by atoms with E-state index < -0.39 is 5.97 Å². The van der Waals surface area contributed by atoms with Crippen LogP contribution in [0.15, 0.2) is 24.3 Å². The molecule has 2 unspecified atom stereocenters. The Labute approximate surface area is 159 Å². The number of carbonyl (C=O) groups excluding carboxylic acids is 1. The van der Waals surface area contributed by atoms with E-state index in [1.54, 1.807) is 0 Å². The Kier molecular flexibility index (Phi) is 5.63. The van der Waals surface area contributed by atoms with Crippen LogP contribution in [0.1, 0.15) is 59.9 Å². The summed E-state index contributed by atoms with van der Waals surface area (Å²) in [4.78, 5) is 23.2. The van der Waals surface area contributed by atoms with Gasteiger partial charge in [0, 0.05) is 23.7 Å². The summed E-state index contributed by atoms with van der Waals surface area (Å²) in [7, 11) is 0. The number of carbonyl (C=O) groups is 2. The minimum absolute atomic E-state index is 0.0272. The van der Waals surface area contributed by atoms with Crippen LogP contribution >= 0.6 is 0 Å². The molecule has 1 saturated carbocycles. The number of carboxylic acids is 1. The molecule has 0 aliphatic heterocycles. The predicted octanol–water partition coefficient (Wildman–Crippen LogP) is 3.42. The van der Waals surface area contributed by atoms with Gasteiger partial charge in [0.2, 0.25) is 0 Å². The van der Waals surface area contributed by atoms with E-state index in [9.17, 15) is 9.59 Å². The van der Waals surface area contributed by atoms with Gasteiger partial charge in [0.25, 0.3) is 5.91 Å². The average molecular weight is 369 g/mol. The lowest BCUT2D eigenvalue weighted by molar-refractivity contribution is -0.136. The maximum atomic E-state index is 12.4. The van der Waals surface area contributed by atoms with Crippen LogP contribution in [0.5, 0.6) is 0 Å². The second kappa shape index (κ2) is 7.94. The van der Waals surface area contributed by atoms with Crippen molar-refractivity contribution < 1.29 is 14.7 Å². The van der Waals surface area contributed by atoms with Crippen molar-refractivity contribution in [1.82, 2.24) is 15.1 Å². The molecule has 6 heteroatoms. The quantitative estimate of drug-likeness (QED) is 0.747. The number of nitrogens with one attached hydrogen (secondary N) is 1. The Morgan fingerprint density at radius 1 is 1.26 bits per heavy atom. The number of nitrogens with zero attached hydrogens (tertiary/aromatic N) is 2. The van der Waals surface area contributed by atoms with Crippen LogP contribution in [-0.2, 0) is 11.2 Å². The molecular formula is C21H27N3O3. The van der Waals surface area contributed by atoms with Crippen LogP contribution < -0.4 is 5.32 Å². The monoisotopic (exact) mass is 369 g/mol. The number of amides is 1. The molecule has 1 aromatic heterocycles. The van der Waals surface area contributed by atoms with E-state index in [0.717, 1.165) is 35.5 Å². The number of hydrogen-bond acceptors (Lipinski definition) is 3. The van der Waals surface area contributed by atoms with Gasteiger partial charge in [-0.05, 0) is 68.9 Å². The number of aromatic nitrogens is 2. The van der Waals surface area contributed by atoms with Crippen molar-refractivity contribution in [3.05, 3.63) is 46.8 Å². The van der Waals surface area contributed by atoms with E-state index in [2.05, 4.69) is 17.3 Å². The molecule has 2 aromatic rings. The molecular weight excluding hydrogens is 342 g/mol. The highest BCUT2D eigenvalue weighted by Gasteiger charge is 2.37. The zero-order valence-corrected chi connectivity index (χ0v) is 16.2. The van der Waals surface area contributed by atoms with Gasteiger partial charge < -0.3 is 10.4 Å². The molecule has 2 N–H and O–H groups in total. The topological polar surface area (TPSA) is 84.2 Å². The molecule has 0 radical (unpaired) electrons. The van der Waals surface area contributed by atoms with Crippen LogP contribution in [0, 0.1) is 19.8 Å². The van der Waals surface area contributed by atoms with Crippen molar-refractivity contribution in [2.24, 2.45) is 5.92 Å². The van der Waals surface area contributed by atoms with Crippen molar-refractivity contribution in [1.29, 1.82) is 0 Å². The van der Waals surface area contributed by atoms with Gasteiger partial charge in [0.05, 0.1) is 11.4 Å². The van der Waals surface area contributed by atoms with Gasteiger partial charge in [-0.2, -0.15) is 5.10 Å². The Balaban J connectivity index is 1.69. The third-order valence-corrected chi connectivity index (χ3v) is 5.30. The average Bonchev–Trinajstić information content (AvgIpc) is 3.29. The highest BCUT2D eigenvalue weighted by atomic mass is 16.4. The van der Waals surface area contributed by atoms with Crippen LogP contribution in [0.25, 0.3) is 5.69 Å². The first-order valence-electron chi connectivity index (χ1n) is 9.59. The summed E-state index contributed by atoms with van der Waals surface area (Å²) in [6, 6.07) is 7.71. The summed E-state index contributed by atoms with van der Waals surface area (Å²) in [6.45, 7) is 6.01. The highest BCUT2D eigenvalue weighted by Crippen LogP contribution is 2.34. The molecule has 1 fully saturated rings. The van der Waals surface area contributed by atoms with Crippen LogP contribution in [0.3, 0.4) is 0 Å². The molecule has 1 heterocycles. The number of aryl methyl sites for hydroxylation is 1.